The fourth-order valence-electron chi connectivity index (χ4n) is 4.13. The first-order chi connectivity index (χ1) is 14.1. The minimum atomic E-state index is -0.699. The lowest BCUT2D eigenvalue weighted by atomic mass is 9.72. The number of carbonyl (C=O) groups is 3. The Bertz CT molecular complexity index is 690. The maximum atomic E-state index is 11.8. The van der Waals surface area contributed by atoms with Gasteiger partial charge in [-0.1, -0.05) is 31.2 Å². The second-order valence-corrected chi connectivity index (χ2v) is 8.37. The number of carbonyl (C=O) groups excluding carboxylic acids is 3. The van der Waals surface area contributed by atoms with Crippen molar-refractivity contribution in [1.29, 1.82) is 0 Å². The highest BCUT2D eigenvalue weighted by atomic mass is 16.5. The Balaban J connectivity index is 3.16. The van der Waals surface area contributed by atoms with Crippen LogP contribution in [0.4, 0.5) is 0 Å². The molecule has 0 saturated heterocycles. The molecule has 0 aromatic heterocycles. The van der Waals surface area contributed by atoms with Crippen LogP contribution >= 0.6 is 0 Å². The minimum Gasteiger partial charge on any atom is -0.465 e. The summed E-state index contributed by atoms with van der Waals surface area (Å²) in [6.07, 6.45) is 5.84. The summed E-state index contributed by atoms with van der Waals surface area (Å²) in [6, 6.07) is 0. The van der Waals surface area contributed by atoms with Gasteiger partial charge in [-0.3, -0.25) is 14.4 Å². The highest BCUT2D eigenvalue weighted by Crippen LogP contribution is 2.36. The van der Waals surface area contributed by atoms with Crippen molar-refractivity contribution in [2.45, 2.75) is 72.5 Å². The second kappa shape index (κ2) is 12.5. The van der Waals surface area contributed by atoms with E-state index in [1.807, 2.05) is 32.9 Å². The van der Waals surface area contributed by atoms with Crippen LogP contribution < -0.4 is 0 Å². The molecule has 0 fully saturated rings. The van der Waals surface area contributed by atoms with Gasteiger partial charge in [0.25, 0.3) is 0 Å². The normalized spacial score (nSPS) is 24.1. The molecule has 1 N–H and O–H groups in total. The molecule has 1 aliphatic carbocycles. The summed E-state index contributed by atoms with van der Waals surface area (Å²) >= 11 is 0. The van der Waals surface area contributed by atoms with Crippen molar-refractivity contribution in [2.75, 3.05) is 6.61 Å². The van der Waals surface area contributed by atoms with E-state index in [0.29, 0.717) is 31.3 Å². The van der Waals surface area contributed by atoms with E-state index in [-0.39, 0.29) is 24.4 Å². The second-order valence-electron chi connectivity index (χ2n) is 8.37. The van der Waals surface area contributed by atoms with E-state index in [1.165, 1.54) is 13.8 Å². The first-order valence-electron chi connectivity index (χ1n) is 10.5. The number of ether oxygens (including phenoxy) is 2. The molecule has 0 spiro atoms. The lowest BCUT2D eigenvalue weighted by Crippen LogP contribution is -2.38. The summed E-state index contributed by atoms with van der Waals surface area (Å²) < 4.78 is 10.6. The van der Waals surface area contributed by atoms with E-state index in [2.05, 4.69) is 6.58 Å². The highest BCUT2D eigenvalue weighted by molar-refractivity contribution is 5.74. The number of allylic oxidation sites excluding steroid dienone is 2. The van der Waals surface area contributed by atoms with E-state index in [0.717, 1.165) is 17.4 Å². The number of aldehydes is 1. The van der Waals surface area contributed by atoms with E-state index in [4.69, 9.17) is 9.47 Å². The molecule has 0 radical (unpaired) electrons. The van der Waals surface area contributed by atoms with Gasteiger partial charge in [0.05, 0.1) is 12.7 Å². The van der Waals surface area contributed by atoms with Gasteiger partial charge in [-0.05, 0) is 62.5 Å². The molecule has 0 saturated carbocycles. The maximum absolute atomic E-state index is 11.8. The van der Waals surface area contributed by atoms with Gasteiger partial charge < -0.3 is 14.6 Å². The molecule has 0 heterocycles. The molecular formula is C24H36O6. The van der Waals surface area contributed by atoms with Crippen molar-refractivity contribution in [1.82, 2.24) is 0 Å². The third kappa shape index (κ3) is 8.27. The highest BCUT2D eigenvalue weighted by Gasteiger charge is 2.36. The van der Waals surface area contributed by atoms with Crippen LogP contribution in [0.2, 0.25) is 0 Å². The molecule has 6 heteroatoms. The van der Waals surface area contributed by atoms with Gasteiger partial charge in [-0.25, -0.2) is 0 Å². The first kappa shape index (κ1) is 25.8. The van der Waals surface area contributed by atoms with E-state index >= 15 is 0 Å². The van der Waals surface area contributed by atoms with Crippen molar-refractivity contribution >= 4 is 18.2 Å². The zero-order valence-electron chi connectivity index (χ0n) is 18.8. The molecular weight excluding hydrogens is 384 g/mol. The summed E-state index contributed by atoms with van der Waals surface area (Å²) in [5.74, 6) is -1.52. The number of esters is 2. The Kier molecular flexibility index (Phi) is 10.7. The van der Waals surface area contributed by atoms with Crippen molar-refractivity contribution in [3.05, 3.63) is 35.5 Å². The standard InChI is InChI=1S/C24H36O6/c1-15(2)23(30-19(6)27)11-10-17(4)24-21(14-29-18(5)26)20(13-25)9-7-8-16(3)12-22(24)28/h8-9,13,17,21-24,28H,1,7,10-12,14H2,2-6H3. The molecule has 6 nitrogen and oxygen atoms in total. The molecule has 0 bridgehead atoms. The molecule has 30 heavy (non-hydrogen) atoms. The average Bonchev–Trinajstić information content (AvgIpc) is 2.69. The molecule has 0 amide bonds. The van der Waals surface area contributed by atoms with E-state index < -0.39 is 24.1 Å². The quantitative estimate of drug-likeness (QED) is 0.345. The Labute approximate surface area is 180 Å². The predicted molar refractivity (Wildman–Crippen MR) is 116 cm³/mol. The molecule has 0 aliphatic heterocycles. The van der Waals surface area contributed by atoms with Crippen LogP contribution in [0.3, 0.4) is 0 Å². The Morgan fingerprint density at radius 3 is 2.43 bits per heavy atom. The number of rotatable bonds is 9. The van der Waals surface area contributed by atoms with Crippen molar-refractivity contribution in [3.8, 4) is 0 Å². The SMILES string of the molecule is C=C(C)C(CCC(C)C1C(O)CC(C)=CCC=C(C=O)C1COC(C)=O)OC(C)=O. The molecule has 1 rings (SSSR count). The molecule has 5 unspecified atom stereocenters. The van der Waals surface area contributed by atoms with Crippen molar-refractivity contribution in [3.63, 3.8) is 0 Å². The zero-order valence-corrected chi connectivity index (χ0v) is 18.8. The fourth-order valence-corrected chi connectivity index (χ4v) is 4.13. The van der Waals surface area contributed by atoms with Gasteiger partial charge in [-0.2, -0.15) is 0 Å². The van der Waals surface area contributed by atoms with Crippen molar-refractivity contribution in [2.24, 2.45) is 17.8 Å². The molecule has 168 valence electrons. The largest absolute Gasteiger partial charge is 0.465 e. The van der Waals surface area contributed by atoms with Crippen LogP contribution in [-0.2, 0) is 23.9 Å². The molecule has 1 aliphatic rings. The summed E-state index contributed by atoms with van der Waals surface area (Å²) in [4.78, 5) is 34.7. The number of aliphatic hydroxyl groups is 1. The Hall–Kier alpha value is -2.21. The first-order valence-corrected chi connectivity index (χ1v) is 10.5. The average molecular weight is 421 g/mol. The van der Waals surface area contributed by atoms with Gasteiger partial charge >= 0.3 is 11.9 Å². The van der Waals surface area contributed by atoms with E-state index in [1.54, 1.807) is 0 Å². The summed E-state index contributed by atoms with van der Waals surface area (Å²) in [7, 11) is 0. The Morgan fingerprint density at radius 1 is 1.23 bits per heavy atom. The monoisotopic (exact) mass is 420 g/mol. The third-order valence-electron chi connectivity index (χ3n) is 5.69. The van der Waals surface area contributed by atoms with Gasteiger partial charge in [0.1, 0.15) is 12.4 Å². The topological polar surface area (TPSA) is 89.9 Å². The van der Waals surface area contributed by atoms with Gasteiger partial charge in [0, 0.05) is 19.8 Å². The predicted octanol–water partition coefficient (Wildman–Crippen LogP) is 3.93. The summed E-state index contributed by atoms with van der Waals surface area (Å²) in [5, 5.41) is 11.1. The van der Waals surface area contributed by atoms with Crippen LogP contribution in [0, 0.1) is 17.8 Å². The van der Waals surface area contributed by atoms with E-state index in [9.17, 15) is 19.5 Å². The van der Waals surface area contributed by atoms with Crippen LogP contribution in [0.5, 0.6) is 0 Å². The smallest absolute Gasteiger partial charge is 0.303 e. The number of hydrogen-bond acceptors (Lipinski definition) is 6. The molecule has 5 atom stereocenters. The van der Waals surface area contributed by atoms with Crippen LogP contribution in [0.15, 0.2) is 35.5 Å². The van der Waals surface area contributed by atoms with Crippen molar-refractivity contribution < 1.29 is 29.0 Å². The van der Waals surface area contributed by atoms with Gasteiger partial charge in [0.15, 0.2) is 0 Å². The lowest BCUT2D eigenvalue weighted by molar-refractivity contribution is -0.145. The minimum absolute atomic E-state index is 0.0211. The number of aliphatic hydroxyl groups excluding tert-OH is 1. The van der Waals surface area contributed by atoms with Crippen LogP contribution in [0.1, 0.15) is 60.3 Å². The van der Waals surface area contributed by atoms with Crippen LogP contribution in [-0.4, -0.2) is 42.1 Å². The molecule has 0 aromatic carbocycles. The van der Waals surface area contributed by atoms with Gasteiger partial charge in [0.2, 0.25) is 0 Å². The lowest BCUT2D eigenvalue weighted by Gasteiger charge is -2.36. The summed E-state index contributed by atoms with van der Waals surface area (Å²) in [5.41, 5.74) is 2.35. The number of hydrogen-bond donors (Lipinski definition) is 1. The third-order valence-corrected chi connectivity index (χ3v) is 5.69. The Morgan fingerprint density at radius 2 is 1.90 bits per heavy atom. The maximum Gasteiger partial charge on any atom is 0.303 e. The molecule has 0 aromatic rings. The van der Waals surface area contributed by atoms with Gasteiger partial charge in [-0.15, -0.1) is 0 Å². The fraction of sp³-hybridized carbons (Fsp3) is 0.625. The van der Waals surface area contributed by atoms with Crippen LogP contribution in [0.25, 0.3) is 0 Å². The zero-order chi connectivity index (χ0) is 22.8. The summed E-state index contributed by atoms with van der Waals surface area (Å²) in [6.45, 7) is 12.4.